The van der Waals surface area contributed by atoms with Gasteiger partial charge >= 0.3 is 12.0 Å². The van der Waals surface area contributed by atoms with Gasteiger partial charge < -0.3 is 20.1 Å². The van der Waals surface area contributed by atoms with Crippen LogP contribution in [-0.2, 0) is 20.3 Å². The predicted molar refractivity (Wildman–Crippen MR) is 70.5 cm³/mol. The number of urea groups is 1. The van der Waals surface area contributed by atoms with Crippen molar-refractivity contribution in [2.75, 3.05) is 32.5 Å². The fraction of sp³-hybridized carbons (Fsp3) is 0.818. The number of hydrogen-bond donors (Lipinski definition) is 2. The number of hydrogen-bond acceptors (Lipinski definition) is 4. The molecule has 110 valence electrons. The number of carboxylic acids is 1. The van der Waals surface area contributed by atoms with E-state index >= 15 is 0 Å². The highest BCUT2D eigenvalue weighted by Crippen LogP contribution is 2.08. The SMILES string of the molecule is CC(CNC(=O)N1CCOC(CC(=O)O)C1)S(C)=O. The first-order chi connectivity index (χ1) is 8.90. The van der Waals surface area contributed by atoms with Crippen LogP contribution in [-0.4, -0.2) is 70.1 Å². The van der Waals surface area contributed by atoms with Crippen LogP contribution in [0.1, 0.15) is 13.3 Å². The molecule has 2 amide bonds. The van der Waals surface area contributed by atoms with Gasteiger partial charge in [0.05, 0.1) is 19.1 Å². The molecular weight excluding hydrogens is 272 g/mol. The normalized spacial score (nSPS) is 22.6. The summed E-state index contributed by atoms with van der Waals surface area (Å²) >= 11 is 0. The van der Waals surface area contributed by atoms with Crippen LogP contribution in [0.15, 0.2) is 0 Å². The van der Waals surface area contributed by atoms with E-state index < -0.39 is 22.9 Å². The number of carboxylic acid groups (broad SMARTS) is 1. The number of aliphatic carboxylic acids is 1. The van der Waals surface area contributed by atoms with Gasteiger partial charge in [-0.15, -0.1) is 0 Å². The second-order valence-electron chi connectivity index (χ2n) is 4.53. The van der Waals surface area contributed by atoms with Crippen molar-refractivity contribution in [1.82, 2.24) is 10.2 Å². The lowest BCUT2D eigenvalue weighted by Gasteiger charge is -2.32. The van der Waals surface area contributed by atoms with Crippen LogP contribution >= 0.6 is 0 Å². The number of rotatable bonds is 5. The third-order valence-electron chi connectivity index (χ3n) is 2.94. The highest BCUT2D eigenvalue weighted by Gasteiger charge is 2.26. The van der Waals surface area contributed by atoms with Crippen LogP contribution in [0.4, 0.5) is 4.79 Å². The minimum atomic E-state index is -0.982. The van der Waals surface area contributed by atoms with E-state index in [0.717, 1.165) is 0 Å². The van der Waals surface area contributed by atoms with Crippen molar-refractivity contribution >= 4 is 22.8 Å². The number of carbonyl (C=O) groups excluding carboxylic acids is 1. The van der Waals surface area contributed by atoms with Crippen molar-refractivity contribution in [2.45, 2.75) is 24.7 Å². The van der Waals surface area contributed by atoms with E-state index in [2.05, 4.69) is 5.32 Å². The van der Waals surface area contributed by atoms with E-state index in [1.54, 1.807) is 13.2 Å². The summed E-state index contributed by atoms with van der Waals surface area (Å²) in [7, 11) is -0.982. The molecule has 0 aliphatic carbocycles. The number of amides is 2. The van der Waals surface area contributed by atoms with Crippen LogP contribution in [0.5, 0.6) is 0 Å². The zero-order valence-corrected chi connectivity index (χ0v) is 11.9. The standard InChI is InChI=1S/C11H20N2O5S/c1-8(19(2)17)6-12-11(16)13-3-4-18-9(7-13)5-10(14)15/h8-9H,3-7H2,1-2H3,(H,12,16)(H,14,15). The monoisotopic (exact) mass is 292 g/mol. The zero-order chi connectivity index (χ0) is 14.4. The average Bonchev–Trinajstić information content (AvgIpc) is 2.34. The minimum Gasteiger partial charge on any atom is -0.481 e. The van der Waals surface area contributed by atoms with Gasteiger partial charge in [0.25, 0.3) is 0 Å². The molecule has 3 unspecified atom stereocenters. The van der Waals surface area contributed by atoms with E-state index in [-0.39, 0.29) is 24.2 Å². The van der Waals surface area contributed by atoms with E-state index in [1.165, 1.54) is 4.90 Å². The molecule has 0 spiro atoms. The topological polar surface area (TPSA) is 95.9 Å². The third kappa shape index (κ3) is 5.56. The maximum absolute atomic E-state index is 11.9. The summed E-state index contributed by atoms with van der Waals surface area (Å²) in [4.78, 5) is 24.0. The Morgan fingerprint density at radius 2 is 2.26 bits per heavy atom. The molecule has 0 saturated carbocycles. The first kappa shape index (κ1) is 15.9. The average molecular weight is 292 g/mol. The van der Waals surface area contributed by atoms with Crippen LogP contribution in [0.2, 0.25) is 0 Å². The van der Waals surface area contributed by atoms with E-state index in [9.17, 15) is 13.8 Å². The Balaban J connectivity index is 2.39. The zero-order valence-electron chi connectivity index (χ0n) is 11.1. The Morgan fingerprint density at radius 1 is 1.58 bits per heavy atom. The summed E-state index contributed by atoms with van der Waals surface area (Å²) in [5.41, 5.74) is 0. The summed E-state index contributed by atoms with van der Waals surface area (Å²) in [6.45, 7) is 3.17. The molecule has 1 aliphatic rings. The van der Waals surface area contributed by atoms with Crippen LogP contribution < -0.4 is 5.32 Å². The smallest absolute Gasteiger partial charge is 0.317 e. The Bertz CT molecular complexity index is 363. The summed E-state index contributed by atoms with van der Waals surface area (Å²) in [6, 6.07) is -0.268. The quantitative estimate of drug-likeness (QED) is 0.721. The minimum absolute atomic E-state index is 0.111. The van der Waals surface area contributed by atoms with Gasteiger partial charge in [-0.1, -0.05) is 0 Å². The van der Waals surface area contributed by atoms with Crippen LogP contribution in [0.25, 0.3) is 0 Å². The van der Waals surface area contributed by atoms with Gasteiger partial charge in [-0.3, -0.25) is 9.00 Å². The van der Waals surface area contributed by atoms with Crippen molar-refractivity contribution < 1.29 is 23.6 Å². The number of ether oxygens (including phenoxy) is 1. The van der Waals surface area contributed by atoms with Crippen molar-refractivity contribution in [3.8, 4) is 0 Å². The van der Waals surface area contributed by atoms with Gasteiger partial charge in [0.15, 0.2) is 0 Å². The van der Waals surface area contributed by atoms with Crippen molar-refractivity contribution in [1.29, 1.82) is 0 Å². The number of morpholine rings is 1. The van der Waals surface area contributed by atoms with Crippen molar-refractivity contribution in [3.63, 3.8) is 0 Å². The van der Waals surface area contributed by atoms with Gasteiger partial charge in [0, 0.05) is 41.9 Å². The van der Waals surface area contributed by atoms with E-state index in [0.29, 0.717) is 19.7 Å². The van der Waals surface area contributed by atoms with Gasteiger partial charge in [0.2, 0.25) is 0 Å². The Hall–Kier alpha value is -1.15. The maximum Gasteiger partial charge on any atom is 0.317 e. The molecule has 2 N–H and O–H groups in total. The fourth-order valence-electron chi connectivity index (χ4n) is 1.68. The summed E-state index contributed by atoms with van der Waals surface area (Å²) in [5.74, 6) is -0.942. The van der Waals surface area contributed by atoms with Gasteiger partial charge in [-0.05, 0) is 6.92 Å². The molecule has 0 aromatic carbocycles. The fourth-order valence-corrected chi connectivity index (χ4v) is 2.00. The molecule has 3 atom stereocenters. The molecular formula is C11H20N2O5S. The van der Waals surface area contributed by atoms with Crippen molar-refractivity contribution in [3.05, 3.63) is 0 Å². The first-order valence-corrected chi connectivity index (χ1v) is 7.70. The van der Waals surface area contributed by atoms with E-state index in [4.69, 9.17) is 9.84 Å². The Labute approximate surface area is 114 Å². The molecule has 1 aliphatic heterocycles. The number of nitrogens with one attached hydrogen (secondary N) is 1. The van der Waals surface area contributed by atoms with Crippen LogP contribution in [0.3, 0.4) is 0 Å². The second kappa shape index (κ2) is 7.44. The number of nitrogens with zero attached hydrogens (tertiary/aromatic N) is 1. The maximum atomic E-state index is 11.9. The van der Waals surface area contributed by atoms with Gasteiger partial charge in [-0.25, -0.2) is 4.79 Å². The lowest BCUT2D eigenvalue weighted by Crippen LogP contribution is -2.51. The predicted octanol–water partition coefficient (Wildman–Crippen LogP) is -0.361. The molecule has 8 heteroatoms. The molecule has 19 heavy (non-hydrogen) atoms. The van der Waals surface area contributed by atoms with E-state index in [1.807, 2.05) is 0 Å². The summed E-state index contributed by atoms with van der Waals surface area (Å²) < 4.78 is 16.4. The molecule has 0 aromatic heterocycles. The Morgan fingerprint density at radius 3 is 2.84 bits per heavy atom. The highest BCUT2D eigenvalue weighted by molar-refractivity contribution is 7.84. The highest BCUT2D eigenvalue weighted by atomic mass is 32.2. The lowest BCUT2D eigenvalue weighted by atomic mass is 10.2. The molecule has 1 rings (SSSR count). The summed E-state index contributed by atoms with van der Waals surface area (Å²) in [5, 5.41) is 11.3. The Kier molecular flexibility index (Phi) is 6.23. The molecule has 0 bridgehead atoms. The largest absolute Gasteiger partial charge is 0.481 e. The molecule has 0 radical (unpaired) electrons. The molecule has 1 fully saturated rings. The molecule has 7 nitrogen and oxygen atoms in total. The van der Waals surface area contributed by atoms with Gasteiger partial charge in [0.1, 0.15) is 0 Å². The number of carbonyl (C=O) groups is 2. The second-order valence-corrected chi connectivity index (χ2v) is 6.33. The molecule has 0 aromatic rings. The third-order valence-corrected chi connectivity index (χ3v) is 4.24. The molecule has 1 saturated heterocycles. The van der Waals surface area contributed by atoms with Gasteiger partial charge in [-0.2, -0.15) is 0 Å². The first-order valence-electron chi connectivity index (χ1n) is 6.08. The molecule has 1 heterocycles. The summed E-state index contributed by atoms with van der Waals surface area (Å²) in [6.07, 6.45) is 1.02. The lowest BCUT2D eigenvalue weighted by molar-refractivity contribution is -0.141. The van der Waals surface area contributed by atoms with Crippen LogP contribution in [0, 0.1) is 0 Å². The van der Waals surface area contributed by atoms with Crippen molar-refractivity contribution in [2.24, 2.45) is 0 Å².